The SMILES string of the molecule is C=C[C@@H](O[Si](c1ccccc1)(c1ccccc1)C(C)(C)C)[C@H](C=O)NC(=O)OC(C)(C)C. The lowest BCUT2D eigenvalue weighted by Gasteiger charge is -2.45. The standard InChI is InChI=1S/C26H35NO4Si/c1-8-23(22(19-28)27-24(29)30-25(2,3)4)31-32(26(5,6)7,20-15-11-9-12-16-20)21-17-13-10-14-18-21/h8-19,22-23H,1H2,2-7H3,(H,27,29)/t22-,23+/m0/s1. The molecule has 0 aliphatic rings. The van der Waals surface area contributed by atoms with Crippen molar-refractivity contribution in [3.05, 3.63) is 73.3 Å². The van der Waals surface area contributed by atoms with Crippen LogP contribution < -0.4 is 15.7 Å². The molecule has 0 radical (unpaired) electrons. The number of hydrogen-bond acceptors (Lipinski definition) is 4. The van der Waals surface area contributed by atoms with E-state index in [9.17, 15) is 9.59 Å². The Labute approximate surface area is 193 Å². The molecular formula is C26H35NO4Si. The molecule has 5 nitrogen and oxygen atoms in total. The van der Waals surface area contributed by atoms with Crippen LogP contribution in [0.25, 0.3) is 0 Å². The fourth-order valence-electron chi connectivity index (χ4n) is 3.80. The maximum atomic E-state index is 12.4. The molecule has 0 fully saturated rings. The Hall–Kier alpha value is -2.70. The molecule has 0 aliphatic carbocycles. The van der Waals surface area contributed by atoms with Crippen molar-refractivity contribution in [2.45, 2.75) is 64.3 Å². The van der Waals surface area contributed by atoms with E-state index in [0.29, 0.717) is 6.29 Å². The van der Waals surface area contributed by atoms with Gasteiger partial charge in [0.15, 0.2) is 0 Å². The van der Waals surface area contributed by atoms with Gasteiger partial charge in [0.05, 0.1) is 6.10 Å². The van der Waals surface area contributed by atoms with E-state index in [1.54, 1.807) is 26.8 Å². The van der Waals surface area contributed by atoms with Crippen LogP contribution in [0.4, 0.5) is 4.79 Å². The first-order chi connectivity index (χ1) is 14.9. The zero-order valence-corrected chi connectivity index (χ0v) is 20.9. The van der Waals surface area contributed by atoms with Crippen molar-refractivity contribution in [3.8, 4) is 0 Å². The van der Waals surface area contributed by atoms with Crippen molar-refractivity contribution in [1.82, 2.24) is 5.32 Å². The van der Waals surface area contributed by atoms with Crippen molar-refractivity contribution in [2.24, 2.45) is 0 Å². The van der Waals surface area contributed by atoms with Gasteiger partial charge in [0.25, 0.3) is 8.32 Å². The van der Waals surface area contributed by atoms with Crippen LogP contribution in [0, 0.1) is 0 Å². The van der Waals surface area contributed by atoms with Gasteiger partial charge in [0, 0.05) is 0 Å². The summed E-state index contributed by atoms with van der Waals surface area (Å²) in [5.74, 6) is 0. The number of alkyl carbamates (subject to hydrolysis) is 1. The third kappa shape index (κ3) is 5.96. The van der Waals surface area contributed by atoms with Crippen molar-refractivity contribution < 1.29 is 18.8 Å². The number of carbonyl (C=O) groups excluding carboxylic acids is 2. The Bertz CT molecular complexity index is 861. The number of ether oxygens (including phenoxy) is 1. The Morgan fingerprint density at radius 3 is 1.75 bits per heavy atom. The summed E-state index contributed by atoms with van der Waals surface area (Å²) in [5, 5.41) is 4.52. The summed E-state index contributed by atoms with van der Waals surface area (Å²) in [5.41, 5.74) is -0.681. The average molecular weight is 454 g/mol. The largest absolute Gasteiger partial charge is 0.444 e. The number of benzene rings is 2. The Morgan fingerprint density at radius 2 is 1.41 bits per heavy atom. The topological polar surface area (TPSA) is 64.6 Å². The van der Waals surface area contributed by atoms with Crippen LogP contribution in [-0.4, -0.2) is 38.4 Å². The zero-order valence-electron chi connectivity index (χ0n) is 19.9. The van der Waals surface area contributed by atoms with Gasteiger partial charge < -0.3 is 19.3 Å². The number of hydrogen-bond donors (Lipinski definition) is 1. The first-order valence-corrected chi connectivity index (χ1v) is 12.7. The second-order valence-electron chi connectivity index (χ2n) is 9.79. The first kappa shape index (κ1) is 25.6. The molecule has 0 aromatic heterocycles. The van der Waals surface area contributed by atoms with Crippen LogP contribution in [0.1, 0.15) is 41.5 Å². The van der Waals surface area contributed by atoms with E-state index in [1.165, 1.54) is 0 Å². The Kier molecular flexibility index (Phi) is 8.21. The second-order valence-corrected chi connectivity index (χ2v) is 14.0. The van der Waals surface area contributed by atoms with Crippen LogP contribution in [-0.2, 0) is 14.0 Å². The molecule has 0 spiro atoms. The molecule has 172 valence electrons. The van der Waals surface area contributed by atoms with Crippen molar-refractivity contribution in [2.75, 3.05) is 0 Å². The van der Waals surface area contributed by atoms with Crippen molar-refractivity contribution in [1.29, 1.82) is 0 Å². The molecule has 2 atom stereocenters. The van der Waals surface area contributed by atoms with Gasteiger partial charge in [-0.3, -0.25) is 0 Å². The van der Waals surface area contributed by atoms with E-state index in [4.69, 9.17) is 9.16 Å². The Balaban J connectivity index is 2.55. The molecule has 2 rings (SSSR count). The number of aldehydes is 1. The molecular weight excluding hydrogens is 418 g/mol. The van der Waals surface area contributed by atoms with E-state index in [-0.39, 0.29) is 5.04 Å². The van der Waals surface area contributed by atoms with Gasteiger partial charge in [0.2, 0.25) is 0 Å². The minimum Gasteiger partial charge on any atom is -0.444 e. The van der Waals surface area contributed by atoms with E-state index < -0.39 is 32.2 Å². The van der Waals surface area contributed by atoms with E-state index in [1.807, 2.05) is 36.4 Å². The zero-order chi connectivity index (χ0) is 24.0. The van der Waals surface area contributed by atoms with E-state index >= 15 is 0 Å². The van der Waals surface area contributed by atoms with Crippen molar-refractivity contribution in [3.63, 3.8) is 0 Å². The second kappa shape index (κ2) is 10.3. The third-order valence-corrected chi connectivity index (χ3v) is 10.2. The van der Waals surface area contributed by atoms with Crippen LogP contribution in [0.2, 0.25) is 5.04 Å². The monoisotopic (exact) mass is 453 g/mol. The third-order valence-electron chi connectivity index (χ3n) is 5.15. The molecule has 0 saturated carbocycles. The van der Waals surface area contributed by atoms with Gasteiger partial charge in [0.1, 0.15) is 17.9 Å². The quantitative estimate of drug-likeness (QED) is 0.369. The van der Waals surface area contributed by atoms with Gasteiger partial charge in [-0.05, 0) is 36.2 Å². The average Bonchev–Trinajstić information content (AvgIpc) is 2.72. The molecule has 1 amide bonds. The van der Waals surface area contributed by atoms with E-state index in [0.717, 1.165) is 10.4 Å². The molecule has 0 unspecified atom stereocenters. The minimum atomic E-state index is -2.93. The molecule has 0 bridgehead atoms. The lowest BCUT2D eigenvalue weighted by molar-refractivity contribution is -0.111. The van der Waals surface area contributed by atoms with Crippen LogP contribution in [0.15, 0.2) is 73.3 Å². The number of carbonyl (C=O) groups is 2. The van der Waals surface area contributed by atoms with E-state index in [2.05, 4.69) is 56.9 Å². The highest BCUT2D eigenvalue weighted by molar-refractivity contribution is 6.99. The Morgan fingerprint density at radius 1 is 0.938 bits per heavy atom. The summed E-state index contributed by atoms with van der Waals surface area (Å²) in [4.78, 5) is 24.4. The number of rotatable bonds is 8. The lowest BCUT2D eigenvalue weighted by atomic mass is 10.2. The van der Waals surface area contributed by atoms with Crippen LogP contribution in [0.3, 0.4) is 0 Å². The van der Waals surface area contributed by atoms with Crippen LogP contribution >= 0.6 is 0 Å². The predicted molar refractivity (Wildman–Crippen MR) is 132 cm³/mol. The summed E-state index contributed by atoms with van der Waals surface area (Å²) in [6, 6.07) is 19.3. The molecule has 6 heteroatoms. The summed E-state index contributed by atoms with van der Waals surface area (Å²) in [7, 11) is -2.93. The summed E-state index contributed by atoms with van der Waals surface area (Å²) in [6.07, 6.45) is 0.836. The smallest absolute Gasteiger partial charge is 0.408 e. The molecule has 0 heterocycles. The first-order valence-electron chi connectivity index (χ1n) is 10.8. The molecule has 1 N–H and O–H groups in total. The van der Waals surface area contributed by atoms with Gasteiger partial charge in [-0.15, -0.1) is 6.58 Å². The molecule has 2 aromatic rings. The maximum Gasteiger partial charge on any atom is 0.408 e. The minimum absolute atomic E-state index is 0.281. The highest BCUT2D eigenvalue weighted by Gasteiger charge is 2.52. The highest BCUT2D eigenvalue weighted by atomic mass is 28.4. The number of nitrogens with one attached hydrogen (secondary N) is 1. The summed E-state index contributed by atoms with van der Waals surface area (Å²) in [6.45, 7) is 15.7. The fourth-order valence-corrected chi connectivity index (χ4v) is 8.47. The maximum absolute atomic E-state index is 12.4. The summed E-state index contributed by atoms with van der Waals surface area (Å²) >= 11 is 0. The number of amides is 1. The van der Waals surface area contributed by atoms with Gasteiger partial charge >= 0.3 is 6.09 Å². The van der Waals surface area contributed by atoms with Crippen LogP contribution in [0.5, 0.6) is 0 Å². The molecule has 2 aromatic carbocycles. The van der Waals surface area contributed by atoms with Gasteiger partial charge in [-0.25, -0.2) is 4.79 Å². The molecule has 0 aliphatic heterocycles. The normalized spacial score (nSPS) is 14.2. The molecule has 32 heavy (non-hydrogen) atoms. The summed E-state index contributed by atoms with van der Waals surface area (Å²) < 4.78 is 12.3. The fraction of sp³-hybridized carbons (Fsp3) is 0.385. The lowest BCUT2D eigenvalue weighted by Crippen LogP contribution is -2.69. The predicted octanol–water partition coefficient (Wildman–Crippen LogP) is 4.21. The van der Waals surface area contributed by atoms with Gasteiger partial charge in [-0.2, -0.15) is 0 Å². The highest BCUT2D eigenvalue weighted by Crippen LogP contribution is 2.37. The van der Waals surface area contributed by atoms with Crippen molar-refractivity contribution >= 4 is 31.1 Å². The van der Waals surface area contributed by atoms with Gasteiger partial charge in [-0.1, -0.05) is 87.5 Å². The molecule has 0 saturated heterocycles.